The lowest BCUT2D eigenvalue weighted by Gasteiger charge is -2.30. The molecule has 0 saturated carbocycles. The van der Waals surface area contributed by atoms with Gasteiger partial charge in [-0.1, -0.05) is 145 Å². The first-order chi connectivity index (χ1) is 32.2. The van der Waals surface area contributed by atoms with Gasteiger partial charge >= 0.3 is 0 Å². The molecule has 1 spiro atoms. The lowest BCUT2D eigenvalue weighted by molar-refractivity contribution is 0.794. The van der Waals surface area contributed by atoms with Crippen LogP contribution in [0.4, 0.5) is 0 Å². The van der Waals surface area contributed by atoms with E-state index in [4.69, 9.17) is 21.9 Å². The molecule has 0 bridgehead atoms. The highest BCUT2D eigenvalue weighted by Gasteiger charge is 2.51. The fraction of sp³-hybridized carbons (Fsp3) is 0.0233. The molecule has 10 rings (SSSR count). The Balaban J connectivity index is 1.49. The van der Waals surface area contributed by atoms with E-state index in [9.17, 15) is 13.7 Å². The smallest absolute Gasteiger partial charge is 0.0619 e. The van der Waals surface area contributed by atoms with Gasteiger partial charge in [0.05, 0.1) is 41.1 Å². The van der Waals surface area contributed by atoms with Crippen molar-refractivity contribution < 1.29 is 35.6 Å². The molecule has 0 saturated heterocycles. The maximum atomic E-state index is 9.99. The van der Waals surface area contributed by atoms with Crippen LogP contribution in [0.1, 0.15) is 57.9 Å². The summed E-state index contributed by atoms with van der Waals surface area (Å²) in [6.45, 7) is 0. The van der Waals surface area contributed by atoms with Crippen LogP contribution in [0, 0.1) is 0 Å². The average Bonchev–Trinajstić information content (AvgIpc) is 3.81. The van der Waals surface area contributed by atoms with Gasteiger partial charge in [0.15, 0.2) is 0 Å². The van der Waals surface area contributed by atoms with Gasteiger partial charge in [-0.25, -0.2) is 0 Å². The van der Waals surface area contributed by atoms with Gasteiger partial charge in [0.2, 0.25) is 0 Å². The average molecular weight is 569 g/mol. The standard InChI is InChI=1S/C43H26/c1-2-13-31-29(11-1)30-12-3-4-14-32(30)37-25-27(21-23-33(31)37)28-22-24-42-38(26-28)36-17-7-10-20-41(36)43(42)39-18-8-5-15-34(39)35-16-6-9-19-40(35)43/h1-26H/i1D,2D,3D,4D,5D,6D,7D,8D,9D,10D,11D,12D,13D,14D,15D,16D,17D,18D,19D,20D,21D,22D,23D,24D,25D,26D. The zero-order chi connectivity index (χ0) is 50.7. The van der Waals surface area contributed by atoms with E-state index in [2.05, 4.69) is 0 Å². The van der Waals surface area contributed by atoms with E-state index in [-0.39, 0.29) is 0 Å². The summed E-state index contributed by atoms with van der Waals surface area (Å²) in [7, 11) is 0. The Bertz CT molecular complexity index is 3800. The number of benzene rings is 8. The molecule has 43 heavy (non-hydrogen) atoms. The summed E-state index contributed by atoms with van der Waals surface area (Å²) in [6, 6.07) is -22.8. The molecule has 0 heteroatoms. The van der Waals surface area contributed by atoms with Gasteiger partial charge in [0, 0.05) is 0 Å². The molecular formula is C43H26. The second kappa shape index (κ2) is 8.31. The SMILES string of the molecule is [2H]c1c([2H])c([2H])c2c(c1[2H])-c1c([2H])c([2H])c([2H])c([2H])c1C21c2c([2H])c([2H])c([2H])c([2H])c2-c2c([2H])c(-c3c([2H])c([2H])c4c5c([2H])c([2H])c([2H])c([2H])c5c5c([2H])c([2H])c([2H])c([2H])c5c4c3[2H])c([2H])c([2H])c21. The molecule has 2 aliphatic rings. The molecule has 0 atom stereocenters. The molecule has 0 aliphatic heterocycles. The van der Waals surface area contributed by atoms with Crippen molar-refractivity contribution in [3.05, 3.63) is 179 Å². The third-order valence-electron chi connectivity index (χ3n) is 8.06. The van der Waals surface area contributed by atoms with Gasteiger partial charge < -0.3 is 0 Å². The number of hydrogen-bond donors (Lipinski definition) is 0. The first kappa shape index (κ1) is 9.53. The fourth-order valence-corrected chi connectivity index (χ4v) is 6.38. The predicted molar refractivity (Wildman–Crippen MR) is 181 cm³/mol. The van der Waals surface area contributed by atoms with Crippen molar-refractivity contribution in [3.63, 3.8) is 0 Å². The number of rotatable bonds is 1. The van der Waals surface area contributed by atoms with Crippen molar-refractivity contribution >= 4 is 32.3 Å². The van der Waals surface area contributed by atoms with Crippen LogP contribution in [0.2, 0.25) is 0 Å². The zero-order valence-corrected chi connectivity index (χ0v) is 21.5. The maximum Gasteiger partial charge on any atom is 0.0725 e. The highest BCUT2D eigenvalue weighted by molar-refractivity contribution is 6.25. The normalized spacial score (nSPS) is 22.2. The second-order valence-electron chi connectivity index (χ2n) is 10.0. The Morgan fingerprint density at radius 2 is 0.674 bits per heavy atom. The highest BCUT2D eigenvalue weighted by atomic mass is 14.5. The van der Waals surface area contributed by atoms with Crippen LogP contribution in [0.25, 0.3) is 65.7 Å². The number of hydrogen-bond acceptors (Lipinski definition) is 0. The van der Waals surface area contributed by atoms with Crippen LogP contribution in [0.5, 0.6) is 0 Å². The van der Waals surface area contributed by atoms with Gasteiger partial charge in [0.25, 0.3) is 0 Å². The Morgan fingerprint density at radius 3 is 1.23 bits per heavy atom. The van der Waals surface area contributed by atoms with E-state index in [1.807, 2.05) is 0 Å². The maximum absolute atomic E-state index is 9.99. The van der Waals surface area contributed by atoms with Gasteiger partial charge in [-0.3, -0.25) is 0 Å². The molecule has 198 valence electrons. The molecule has 0 fully saturated rings. The monoisotopic (exact) mass is 568 g/mol. The summed E-state index contributed by atoms with van der Waals surface area (Å²) in [5.74, 6) is 0. The second-order valence-corrected chi connectivity index (χ2v) is 10.0. The molecule has 0 N–H and O–H groups in total. The van der Waals surface area contributed by atoms with E-state index in [1.165, 1.54) is 0 Å². The zero-order valence-electron chi connectivity index (χ0n) is 47.5. The lowest BCUT2D eigenvalue weighted by atomic mass is 9.70. The van der Waals surface area contributed by atoms with E-state index in [0.717, 1.165) is 0 Å². The van der Waals surface area contributed by atoms with Gasteiger partial charge in [-0.2, -0.15) is 0 Å². The Kier molecular flexibility index (Phi) is 1.84. The van der Waals surface area contributed by atoms with E-state index in [1.54, 1.807) is 0 Å². The summed E-state index contributed by atoms with van der Waals surface area (Å²) < 4.78 is 236. The van der Waals surface area contributed by atoms with Crippen LogP contribution >= 0.6 is 0 Å². The van der Waals surface area contributed by atoms with Crippen LogP contribution in [-0.2, 0) is 5.41 Å². The summed E-state index contributed by atoms with van der Waals surface area (Å²) in [5.41, 5.74) is -8.94. The Labute approximate surface area is 287 Å². The summed E-state index contributed by atoms with van der Waals surface area (Å²) in [5, 5.41) is -3.05. The third kappa shape index (κ3) is 2.86. The number of fused-ring (bicyclic) bond motifs is 16. The molecule has 2 aliphatic carbocycles. The first-order valence-corrected chi connectivity index (χ1v) is 13.0. The minimum atomic E-state index is -2.71. The molecule has 0 amide bonds. The largest absolute Gasteiger partial charge is 0.0725 e. The van der Waals surface area contributed by atoms with Gasteiger partial charge in [-0.15, -0.1) is 0 Å². The topological polar surface area (TPSA) is 0 Å². The van der Waals surface area contributed by atoms with E-state index in [0.29, 0.717) is 0 Å². The molecule has 8 aromatic rings. The van der Waals surface area contributed by atoms with Crippen molar-refractivity contribution in [2.45, 2.75) is 5.41 Å². The summed E-state index contributed by atoms with van der Waals surface area (Å²) in [6.07, 6.45) is 0. The molecular weight excluding hydrogens is 516 g/mol. The lowest BCUT2D eigenvalue weighted by Crippen LogP contribution is -2.25. The summed E-state index contributed by atoms with van der Waals surface area (Å²) in [4.78, 5) is 0. The van der Waals surface area contributed by atoms with Crippen molar-refractivity contribution in [1.29, 1.82) is 0 Å². The first-order valence-electron chi connectivity index (χ1n) is 26.0. The van der Waals surface area contributed by atoms with Crippen molar-refractivity contribution in [3.8, 4) is 33.4 Å². The predicted octanol–water partition coefficient (Wildman–Crippen LogP) is 11.2. The van der Waals surface area contributed by atoms with E-state index < -0.39 is 250 Å². The van der Waals surface area contributed by atoms with Gasteiger partial charge in [-0.05, 0) is 100 Å². The Morgan fingerprint density at radius 1 is 0.302 bits per heavy atom. The molecule has 0 radical (unpaired) electrons. The van der Waals surface area contributed by atoms with Crippen LogP contribution in [-0.4, -0.2) is 0 Å². The minimum absolute atomic E-state index is 0.451. The van der Waals surface area contributed by atoms with Crippen LogP contribution in [0.3, 0.4) is 0 Å². The molecule has 0 aromatic heterocycles. The van der Waals surface area contributed by atoms with Gasteiger partial charge in [0.1, 0.15) is 0 Å². The third-order valence-corrected chi connectivity index (χ3v) is 8.06. The van der Waals surface area contributed by atoms with Crippen LogP contribution < -0.4 is 0 Å². The molecule has 8 aromatic carbocycles. The van der Waals surface area contributed by atoms with Crippen molar-refractivity contribution in [2.24, 2.45) is 0 Å². The fourth-order valence-electron chi connectivity index (χ4n) is 6.38. The van der Waals surface area contributed by atoms with E-state index >= 15 is 0 Å². The van der Waals surface area contributed by atoms with Crippen molar-refractivity contribution in [2.75, 3.05) is 0 Å². The minimum Gasteiger partial charge on any atom is -0.0619 e. The summed E-state index contributed by atoms with van der Waals surface area (Å²) >= 11 is 0. The molecule has 0 heterocycles. The highest BCUT2D eigenvalue weighted by Crippen LogP contribution is 2.62. The molecule has 0 unspecified atom stereocenters. The van der Waals surface area contributed by atoms with Crippen molar-refractivity contribution in [1.82, 2.24) is 0 Å². The Hall–Kier alpha value is -5.46. The quantitative estimate of drug-likeness (QED) is 0.173. The molecule has 0 nitrogen and oxygen atoms in total. The van der Waals surface area contributed by atoms with Crippen LogP contribution in [0.15, 0.2) is 157 Å².